The van der Waals surface area contributed by atoms with Crippen molar-refractivity contribution in [1.29, 1.82) is 0 Å². The Morgan fingerprint density at radius 1 is 0.963 bits per heavy atom. The molecule has 27 heavy (non-hydrogen) atoms. The standard InChI is InChI=1S/C22H19N3O2/c1-2-13-25-22(27)19-10-6-5-9-18(19)20(24-25)21(26)23-17-12-11-15-7-3-4-8-16(15)14-17/h3-12,14H,2,13H2,1H3,(H,23,26). The molecule has 4 aromatic rings. The third kappa shape index (κ3) is 3.19. The normalized spacial score (nSPS) is 11.0. The lowest BCUT2D eigenvalue weighted by Crippen LogP contribution is -2.27. The first-order valence-electron chi connectivity index (χ1n) is 8.97. The maximum atomic E-state index is 12.9. The van der Waals surface area contributed by atoms with E-state index in [9.17, 15) is 9.59 Å². The van der Waals surface area contributed by atoms with Crippen LogP contribution in [0.4, 0.5) is 5.69 Å². The average molecular weight is 357 g/mol. The summed E-state index contributed by atoms with van der Waals surface area (Å²) in [5.74, 6) is -0.327. The van der Waals surface area contributed by atoms with E-state index in [4.69, 9.17) is 0 Å². The summed E-state index contributed by atoms with van der Waals surface area (Å²) in [6.45, 7) is 2.44. The second kappa shape index (κ2) is 7.03. The molecule has 0 saturated carbocycles. The second-order valence-corrected chi connectivity index (χ2v) is 6.44. The van der Waals surface area contributed by atoms with Crippen molar-refractivity contribution in [3.05, 3.63) is 82.8 Å². The first-order chi connectivity index (χ1) is 13.2. The number of fused-ring (bicyclic) bond motifs is 2. The third-order valence-electron chi connectivity index (χ3n) is 4.53. The summed E-state index contributed by atoms with van der Waals surface area (Å²) in [5, 5.41) is 10.5. The topological polar surface area (TPSA) is 64.0 Å². The van der Waals surface area contributed by atoms with Crippen molar-refractivity contribution < 1.29 is 4.79 Å². The van der Waals surface area contributed by atoms with E-state index in [-0.39, 0.29) is 17.2 Å². The molecule has 0 bridgehead atoms. The lowest BCUT2D eigenvalue weighted by atomic mass is 10.1. The van der Waals surface area contributed by atoms with Crippen molar-refractivity contribution in [2.24, 2.45) is 0 Å². The fourth-order valence-electron chi connectivity index (χ4n) is 3.22. The van der Waals surface area contributed by atoms with Crippen LogP contribution in [0.1, 0.15) is 23.8 Å². The van der Waals surface area contributed by atoms with Crippen LogP contribution < -0.4 is 10.9 Å². The van der Waals surface area contributed by atoms with Gasteiger partial charge < -0.3 is 5.32 Å². The Morgan fingerprint density at radius 3 is 2.44 bits per heavy atom. The number of nitrogens with one attached hydrogen (secondary N) is 1. The highest BCUT2D eigenvalue weighted by Gasteiger charge is 2.16. The zero-order valence-corrected chi connectivity index (χ0v) is 15.0. The minimum Gasteiger partial charge on any atom is -0.321 e. The van der Waals surface area contributed by atoms with E-state index in [1.807, 2.05) is 49.4 Å². The highest BCUT2D eigenvalue weighted by molar-refractivity contribution is 6.11. The summed E-state index contributed by atoms with van der Waals surface area (Å²) in [4.78, 5) is 25.5. The number of nitrogens with zero attached hydrogens (tertiary/aromatic N) is 2. The number of anilines is 1. The maximum absolute atomic E-state index is 12.9. The lowest BCUT2D eigenvalue weighted by Gasteiger charge is -2.11. The molecule has 0 aliphatic carbocycles. The van der Waals surface area contributed by atoms with Gasteiger partial charge in [-0.15, -0.1) is 0 Å². The molecule has 1 amide bonds. The Balaban J connectivity index is 1.77. The number of carbonyl (C=O) groups is 1. The van der Waals surface area contributed by atoms with Gasteiger partial charge in [-0.1, -0.05) is 55.5 Å². The van der Waals surface area contributed by atoms with E-state index in [1.54, 1.807) is 24.3 Å². The minimum absolute atomic E-state index is 0.172. The zero-order valence-electron chi connectivity index (χ0n) is 15.0. The van der Waals surface area contributed by atoms with Crippen LogP contribution in [0.5, 0.6) is 0 Å². The summed E-state index contributed by atoms with van der Waals surface area (Å²) in [6, 6.07) is 20.8. The van der Waals surface area contributed by atoms with Gasteiger partial charge in [-0.3, -0.25) is 9.59 Å². The monoisotopic (exact) mass is 357 g/mol. The van der Waals surface area contributed by atoms with Gasteiger partial charge in [0.2, 0.25) is 0 Å². The molecule has 1 heterocycles. The lowest BCUT2D eigenvalue weighted by molar-refractivity contribution is 0.102. The van der Waals surface area contributed by atoms with Gasteiger partial charge in [0.05, 0.1) is 5.39 Å². The fraction of sp³-hybridized carbons (Fsp3) is 0.136. The molecule has 1 N–H and O–H groups in total. The molecule has 134 valence electrons. The predicted molar refractivity (Wildman–Crippen MR) is 108 cm³/mol. The Morgan fingerprint density at radius 2 is 1.67 bits per heavy atom. The van der Waals surface area contributed by atoms with Crippen LogP contribution >= 0.6 is 0 Å². The molecule has 0 fully saturated rings. The first kappa shape index (κ1) is 17.0. The van der Waals surface area contributed by atoms with Gasteiger partial charge in [-0.25, -0.2) is 4.68 Å². The van der Waals surface area contributed by atoms with Gasteiger partial charge in [-0.2, -0.15) is 5.10 Å². The average Bonchev–Trinajstić information content (AvgIpc) is 2.70. The largest absolute Gasteiger partial charge is 0.321 e. The SMILES string of the molecule is CCCn1nc(C(=O)Nc2ccc3ccccc3c2)c2ccccc2c1=O. The van der Waals surface area contributed by atoms with Crippen molar-refractivity contribution in [3.63, 3.8) is 0 Å². The van der Waals surface area contributed by atoms with Crippen LogP contribution in [0, 0.1) is 0 Å². The predicted octanol–water partition coefficient (Wildman–Crippen LogP) is 4.21. The van der Waals surface area contributed by atoms with Gasteiger partial charge in [0.25, 0.3) is 11.5 Å². The molecule has 0 aliphatic rings. The molecule has 5 heteroatoms. The molecule has 0 spiro atoms. The van der Waals surface area contributed by atoms with E-state index < -0.39 is 0 Å². The van der Waals surface area contributed by atoms with Gasteiger partial charge in [-0.05, 0) is 35.4 Å². The van der Waals surface area contributed by atoms with E-state index in [0.717, 1.165) is 17.2 Å². The fourth-order valence-corrected chi connectivity index (χ4v) is 3.22. The molecule has 5 nitrogen and oxygen atoms in total. The number of carbonyl (C=O) groups excluding carboxylic acids is 1. The number of benzene rings is 3. The van der Waals surface area contributed by atoms with E-state index in [2.05, 4.69) is 10.4 Å². The van der Waals surface area contributed by atoms with Crippen molar-refractivity contribution in [2.45, 2.75) is 19.9 Å². The number of rotatable bonds is 4. The third-order valence-corrected chi connectivity index (χ3v) is 4.53. The summed E-state index contributed by atoms with van der Waals surface area (Å²) in [5.41, 5.74) is 0.777. The molecule has 4 rings (SSSR count). The van der Waals surface area contributed by atoms with E-state index in [0.29, 0.717) is 23.0 Å². The van der Waals surface area contributed by atoms with Crippen molar-refractivity contribution in [3.8, 4) is 0 Å². The Kier molecular flexibility index (Phi) is 4.42. The summed E-state index contributed by atoms with van der Waals surface area (Å²) in [6.07, 6.45) is 0.761. The minimum atomic E-state index is -0.327. The summed E-state index contributed by atoms with van der Waals surface area (Å²) < 4.78 is 1.37. The van der Waals surface area contributed by atoms with Crippen LogP contribution in [0.15, 0.2) is 71.5 Å². The van der Waals surface area contributed by atoms with Crippen molar-refractivity contribution in [2.75, 3.05) is 5.32 Å². The molecule has 0 atom stereocenters. The Labute approximate surface area is 156 Å². The van der Waals surface area contributed by atoms with Crippen LogP contribution in [0.3, 0.4) is 0 Å². The molecule has 0 unspecified atom stereocenters. The van der Waals surface area contributed by atoms with Crippen LogP contribution in [-0.4, -0.2) is 15.7 Å². The summed E-state index contributed by atoms with van der Waals surface area (Å²) in [7, 11) is 0. The van der Waals surface area contributed by atoms with Gasteiger partial charge in [0.1, 0.15) is 0 Å². The number of hydrogen-bond donors (Lipinski definition) is 1. The quantitative estimate of drug-likeness (QED) is 0.595. The van der Waals surface area contributed by atoms with E-state index >= 15 is 0 Å². The van der Waals surface area contributed by atoms with Gasteiger partial charge in [0, 0.05) is 17.6 Å². The molecule has 0 saturated heterocycles. The van der Waals surface area contributed by atoms with Gasteiger partial charge in [0.15, 0.2) is 5.69 Å². The number of aryl methyl sites for hydroxylation is 1. The zero-order chi connectivity index (χ0) is 18.8. The Hall–Kier alpha value is -3.47. The second-order valence-electron chi connectivity index (χ2n) is 6.44. The highest BCUT2D eigenvalue weighted by Crippen LogP contribution is 2.20. The first-order valence-corrected chi connectivity index (χ1v) is 8.97. The van der Waals surface area contributed by atoms with E-state index in [1.165, 1.54) is 4.68 Å². The molecular weight excluding hydrogens is 338 g/mol. The number of hydrogen-bond acceptors (Lipinski definition) is 3. The number of aromatic nitrogens is 2. The van der Waals surface area contributed by atoms with Crippen LogP contribution in [0.25, 0.3) is 21.5 Å². The molecular formula is C22H19N3O2. The molecule has 1 aromatic heterocycles. The maximum Gasteiger partial charge on any atom is 0.276 e. The van der Waals surface area contributed by atoms with Gasteiger partial charge >= 0.3 is 0 Å². The van der Waals surface area contributed by atoms with Crippen LogP contribution in [-0.2, 0) is 6.54 Å². The smallest absolute Gasteiger partial charge is 0.276 e. The molecule has 0 radical (unpaired) electrons. The van der Waals surface area contributed by atoms with Crippen molar-refractivity contribution >= 4 is 33.1 Å². The van der Waals surface area contributed by atoms with Crippen molar-refractivity contribution in [1.82, 2.24) is 9.78 Å². The summed E-state index contributed by atoms with van der Waals surface area (Å²) >= 11 is 0. The number of amides is 1. The molecule has 0 aliphatic heterocycles. The Bertz CT molecular complexity index is 1210. The highest BCUT2D eigenvalue weighted by atomic mass is 16.2. The molecule has 3 aromatic carbocycles. The van der Waals surface area contributed by atoms with Crippen LogP contribution in [0.2, 0.25) is 0 Å².